The van der Waals surface area contributed by atoms with Crippen molar-refractivity contribution in [3.05, 3.63) is 47.2 Å². The van der Waals surface area contributed by atoms with Gasteiger partial charge in [-0.3, -0.25) is 0 Å². The molecular weight excluding hydrogens is 428 g/mol. The second kappa shape index (κ2) is 8.37. The summed E-state index contributed by atoms with van der Waals surface area (Å²) in [7, 11) is 0. The van der Waals surface area contributed by atoms with Gasteiger partial charge in [0, 0.05) is 17.7 Å². The molecule has 0 amide bonds. The number of hydrogen-bond acceptors (Lipinski definition) is 11. The van der Waals surface area contributed by atoms with Crippen LogP contribution in [0.25, 0.3) is 6.08 Å². The van der Waals surface area contributed by atoms with Crippen molar-refractivity contribution in [3.63, 3.8) is 0 Å². The van der Waals surface area contributed by atoms with E-state index in [1.165, 1.54) is 30.3 Å². The summed E-state index contributed by atoms with van der Waals surface area (Å²) >= 11 is 0. The van der Waals surface area contributed by atoms with Gasteiger partial charge >= 0.3 is 0 Å². The van der Waals surface area contributed by atoms with Crippen molar-refractivity contribution in [3.8, 4) is 28.7 Å². The zero-order chi connectivity index (χ0) is 23.2. The zero-order valence-corrected chi connectivity index (χ0v) is 16.4. The van der Waals surface area contributed by atoms with Crippen molar-refractivity contribution in [1.29, 1.82) is 0 Å². The van der Waals surface area contributed by atoms with Gasteiger partial charge in [0.1, 0.15) is 47.4 Å². The maximum absolute atomic E-state index is 10.3. The monoisotopic (exact) mass is 450 g/mol. The lowest BCUT2D eigenvalue weighted by molar-refractivity contribution is -0.293. The molecule has 8 N–H and O–H groups in total. The second-order valence-electron chi connectivity index (χ2n) is 7.48. The highest BCUT2D eigenvalue weighted by molar-refractivity contribution is 5.69. The number of aliphatic hydroxyl groups excluding tert-OH is 4. The van der Waals surface area contributed by atoms with Crippen LogP contribution in [0, 0.1) is 0 Å². The number of aromatic hydroxyl groups is 4. The normalized spacial score (nSPS) is 29.6. The van der Waals surface area contributed by atoms with Crippen LogP contribution in [0.5, 0.6) is 28.7 Å². The second-order valence-corrected chi connectivity index (χ2v) is 7.48. The minimum Gasteiger partial charge on any atom is -0.508 e. The molecule has 6 atom stereocenters. The standard InChI is InChI=1S/C21H22O11/c22-7-16-17(27)18(28)19(29)21(32-16)31-15-6-10-12(25)4-9(23)5-14(10)30-20(15)8-1-2-11(24)13(26)3-8/h1-6,16-29H,7H2/t16?,17-,18?,19?,20?,21+/m0/s1. The molecule has 0 bridgehead atoms. The third-order valence-electron chi connectivity index (χ3n) is 5.30. The third-order valence-corrected chi connectivity index (χ3v) is 5.30. The van der Waals surface area contributed by atoms with Crippen LogP contribution in [-0.2, 0) is 9.47 Å². The van der Waals surface area contributed by atoms with E-state index in [4.69, 9.17) is 14.2 Å². The molecule has 0 radical (unpaired) electrons. The summed E-state index contributed by atoms with van der Waals surface area (Å²) in [5.74, 6) is -1.36. The number of phenols is 4. The lowest BCUT2D eigenvalue weighted by atomic mass is 9.98. The molecule has 0 aromatic heterocycles. The molecule has 0 spiro atoms. The fourth-order valence-electron chi connectivity index (χ4n) is 3.57. The van der Waals surface area contributed by atoms with Crippen LogP contribution in [0.3, 0.4) is 0 Å². The van der Waals surface area contributed by atoms with Gasteiger partial charge in [0.15, 0.2) is 17.6 Å². The van der Waals surface area contributed by atoms with E-state index in [0.29, 0.717) is 5.56 Å². The first-order chi connectivity index (χ1) is 15.2. The largest absolute Gasteiger partial charge is 0.508 e. The van der Waals surface area contributed by atoms with Crippen molar-refractivity contribution in [2.24, 2.45) is 0 Å². The van der Waals surface area contributed by atoms with Crippen LogP contribution in [0.15, 0.2) is 36.1 Å². The fraction of sp³-hybridized carbons (Fsp3) is 0.333. The minimum atomic E-state index is -1.70. The Hall–Kier alpha value is -3.22. The predicted molar refractivity (Wildman–Crippen MR) is 106 cm³/mol. The Morgan fingerprint density at radius 1 is 0.844 bits per heavy atom. The lowest BCUT2D eigenvalue weighted by Crippen LogP contribution is -2.59. The molecular formula is C21H22O11. The molecule has 4 rings (SSSR count). The SMILES string of the molecule is OCC1O[C@@H](OC2=Cc3c(O)cc(O)cc3OC2c2ccc(O)c(O)c2)C(O)C(O)[C@H]1O. The number of benzene rings is 2. The van der Waals surface area contributed by atoms with E-state index in [2.05, 4.69) is 0 Å². The molecule has 2 aliphatic rings. The topological polar surface area (TPSA) is 190 Å². The first-order valence-electron chi connectivity index (χ1n) is 9.63. The number of aliphatic hydroxyl groups is 4. The van der Waals surface area contributed by atoms with Crippen LogP contribution in [0.4, 0.5) is 0 Å². The fourth-order valence-corrected chi connectivity index (χ4v) is 3.57. The number of rotatable bonds is 4. The van der Waals surface area contributed by atoms with Gasteiger partial charge in [0.2, 0.25) is 6.29 Å². The van der Waals surface area contributed by atoms with Gasteiger partial charge in [-0.1, -0.05) is 6.07 Å². The van der Waals surface area contributed by atoms with Crippen molar-refractivity contribution < 1.29 is 55.1 Å². The van der Waals surface area contributed by atoms with Gasteiger partial charge in [-0.2, -0.15) is 0 Å². The van der Waals surface area contributed by atoms with Crippen LogP contribution in [-0.4, -0.2) is 78.2 Å². The lowest BCUT2D eigenvalue weighted by Gasteiger charge is -2.41. The molecule has 2 heterocycles. The smallest absolute Gasteiger partial charge is 0.228 e. The summed E-state index contributed by atoms with van der Waals surface area (Å²) in [6.07, 6.45) is -7.44. The van der Waals surface area contributed by atoms with E-state index in [1.54, 1.807) is 0 Å². The maximum Gasteiger partial charge on any atom is 0.228 e. The highest BCUT2D eigenvalue weighted by Crippen LogP contribution is 2.45. The molecule has 0 saturated carbocycles. The van der Waals surface area contributed by atoms with E-state index in [-0.39, 0.29) is 34.3 Å². The van der Waals surface area contributed by atoms with Crippen LogP contribution < -0.4 is 4.74 Å². The summed E-state index contributed by atoms with van der Waals surface area (Å²) in [6, 6.07) is 6.19. The van der Waals surface area contributed by atoms with E-state index in [0.717, 1.165) is 6.07 Å². The Bertz CT molecular complexity index is 1030. The summed E-state index contributed by atoms with van der Waals surface area (Å²) in [5.41, 5.74) is 0.436. The van der Waals surface area contributed by atoms with E-state index in [1.807, 2.05) is 0 Å². The first-order valence-corrected chi connectivity index (χ1v) is 9.63. The van der Waals surface area contributed by atoms with Gasteiger partial charge in [-0.25, -0.2) is 0 Å². The average Bonchev–Trinajstić information content (AvgIpc) is 2.76. The molecule has 1 saturated heterocycles. The quantitative estimate of drug-likeness (QED) is 0.288. The molecule has 11 nitrogen and oxygen atoms in total. The Morgan fingerprint density at radius 2 is 1.59 bits per heavy atom. The Labute approximate surface area is 181 Å². The van der Waals surface area contributed by atoms with Gasteiger partial charge < -0.3 is 55.1 Å². The molecule has 172 valence electrons. The van der Waals surface area contributed by atoms with Crippen molar-refractivity contribution in [2.45, 2.75) is 36.8 Å². The summed E-state index contributed by atoms with van der Waals surface area (Å²) < 4.78 is 17.0. The average molecular weight is 450 g/mol. The molecule has 11 heteroatoms. The van der Waals surface area contributed by atoms with Crippen LogP contribution in [0.1, 0.15) is 17.2 Å². The van der Waals surface area contributed by atoms with Crippen molar-refractivity contribution in [2.75, 3.05) is 6.61 Å². The third kappa shape index (κ3) is 3.87. The number of ether oxygens (including phenoxy) is 3. The molecule has 1 fully saturated rings. The predicted octanol–water partition coefficient (Wildman–Crippen LogP) is -0.200. The van der Waals surface area contributed by atoms with E-state index >= 15 is 0 Å². The molecule has 32 heavy (non-hydrogen) atoms. The summed E-state index contributed by atoms with van der Waals surface area (Å²) in [4.78, 5) is 0. The number of fused-ring (bicyclic) bond motifs is 1. The van der Waals surface area contributed by atoms with Gasteiger partial charge in [0.25, 0.3) is 0 Å². The summed E-state index contributed by atoms with van der Waals surface area (Å²) in [6.45, 7) is -0.654. The molecule has 2 aromatic rings. The Kier molecular flexibility index (Phi) is 5.75. The van der Waals surface area contributed by atoms with E-state index in [9.17, 15) is 40.9 Å². The van der Waals surface area contributed by atoms with Gasteiger partial charge in [-0.05, 0) is 18.2 Å². The zero-order valence-electron chi connectivity index (χ0n) is 16.4. The Morgan fingerprint density at radius 3 is 2.28 bits per heavy atom. The number of phenolic OH excluding ortho intramolecular Hbond substituents is 4. The molecule has 2 aromatic carbocycles. The summed E-state index contributed by atoms with van der Waals surface area (Å²) in [5, 5.41) is 79.2. The highest BCUT2D eigenvalue weighted by atomic mass is 16.7. The maximum atomic E-state index is 10.3. The van der Waals surface area contributed by atoms with E-state index < -0.39 is 49.2 Å². The van der Waals surface area contributed by atoms with Crippen LogP contribution in [0.2, 0.25) is 0 Å². The Balaban J connectivity index is 1.74. The molecule has 0 aliphatic carbocycles. The highest BCUT2D eigenvalue weighted by Gasteiger charge is 2.46. The van der Waals surface area contributed by atoms with Crippen LogP contribution >= 0.6 is 0 Å². The van der Waals surface area contributed by atoms with Gasteiger partial charge in [-0.15, -0.1) is 0 Å². The van der Waals surface area contributed by atoms with Crippen molar-refractivity contribution in [1.82, 2.24) is 0 Å². The molecule has 2 aliphatic heterocycles. The minimum absolute atomic E-state index is 0.0343. The van der Waals surface area contributed by atoms with Crippen molar-refractivity contribution >= 4 is 6.08 Å². The number of hydrogen-bond donors (Lipinski definition) is 8. The van der Waals surface area contributed by atoms with Gasteiger partial charge in [0.05, 0.1) is 12.2 Å². The molecule has 4 unspecified atom stereocenters. The first kappa shape index (κ1) is 22.0.